The molecule has 2 rings (SSSR count). The van der Waals surface area contributed by atoms with Gasteiger partial charge in [0.25, 0.3) is 0 Å². The van der Waals surface area contributed by atoms with E-state index in [2.05, 4.69) is 15.9 Å². The number of ketones is 1. The van der Waals surface area contributed by atoms with E-state index in [4.69, 9.17) is 0 Å². The summed E-state index contributed by atoms with van der Waals surface area (Å²) in [5, 5.41) is 0. The molecule has 0 amide bonds. The standard InChI is InChI=1S/C14H13BrNO.BrH/c1-11-5-7-16(8-6-11)10-14(17)12-3-2-4-13(15)9-12;/h2-9H,10H2,1H3;1H/q+1;/p-1. The number of rotatable bonds is 3. The molecule has 2 aromatic rings. The number of nitrogens with zero attached hydrogens (tertiary/aromatic N) is 1. The predicted octanol–water partition coefficient (Wildman–Crippen LogP) is -0.0681. The number of carbonyl (C=O) groups is 1. The molecule has 94 valence electrons. The molecule has 0 aliphatic heterocycles. The first-order valence-electron chi connectivity index (χ1n) is 5.39. The van der Waals surface area contributed by atoms with E-state index in [9.17, 15) is 4.79 Å². The summed E-state index contributed by atoms with van der Waals surface area (Å²) in [6.45, 7) is 2.40. The third-order valence-electron chi connectivity index (χ3n) is 2.53. The van der Waals surface area contributed by atoms with Crippen molar-refractivity contribution in [2.45, 2.75) is 13.5 Å². The molecule has 1 aromatic carbocycles. The molecule has 0 aliphatic carbocycles. The largest absolute Gasteiger partial charge is 1.00 e. The van der Waals surface area contributed by atoms with Crippen LogP contribution in [0.15, 0.2) is 53.3 Å². The molecule has 0 spiro atoms. The Morgan fingerprint density at radius 2 is 1.89 bits per heavy atom. The van der Waals surface area contributed by atoms with Gasteiger partial charge >= 0.3 is 0 Å². The van der Waals surface area contributed by atoms with Crippen LogP contribution in [0.2, 0.25) is 0 Å². The van der Waals surface area contributed by atoms with Gasteiger partial charge < -0.3 is 17.0 Å². The van der Waals surface area contributed by atoms with Crippen LogP contribution in [0.25, 0.3) is 0 Å². The van der Waals surface area contributed by atoms with Crippen molar-refractivity contribution in [3.63, 3.8) is 0 Å². The fraction of sp³-hybridized carbons (Fsp3) is 0.143. The SMILES string of the molecule is Cc1cc[n+](CC(=O)c2cccc(Br)c2)cc1.[Br-]. The van der Waals surface area contributed by atoms with Crippen LogP contribution in [-0.2, 0) is 6.54 Å². The van der Waals surface area contributed by atoms with Crippen LogP contribution in [0.4, 0.5) is 0 Å². The van der Waals surface area contributed by atoms with Crippen molar-refractivity contribution >= 4 is 21.7 Å². The second-order valence-electron chi connectivity index (χ2n) is 3.98. The van der Waals surface area contributed by atoms with Crippen LogP contribution in [0.1, 0.15) is 15.9 Å². The Kier molecular flexibility index (Phi) is 5.69. The molecule has 2 nitrogen and oxygen atoms in total. The van der Waals surface area contributed by atoms with Gasteiger partial charge in [-0.3, -0.25) is 4.79 Å². The van der Waals surface area contributed by atoms with E-state index in [1.807, 2.05) is 60.3 Å². The van der Waals surface area contributed by atoms with Gasteiger partial charge in [-0.05, 0) is 24.6 Å². The lowest BCUT2D eigenvalue weighted by Crippen LogP contribution is -3.00. The summed E-state index contributed by atoms with van der Waals surface area (Å²) in [5.41, 5.74) is 1.92. The average molecular weight is 371 g/mol. The lowest BCUT2D eigenvalue weighted by atomic mass is 10.1. The topological polar surface area (TPSA) is 20.9 Å². The normalized spacial score (nSPS) is 9.67. The minimum Gasteiger partial charge on any atom is -1.00 e. The van der Waals surface area contributed by atoms with Crippen molar-refractivity contribution in [2.24, 2.45) is 0 Å². The van der Waals surface area contributed by atoms with E-state index in [1.165, 1.54) is 5.56 Å². The monoisotopic (exact) mass is 369 g/mol. The first-order chi connectivity index (χ1) is 8.15. The maximum Gasteiger partial charge on any atom is 0.227 e. The first-order valence-corrected chi connectivity index (χ1v) is 6.19. The van der Waals surface area contributed by atoms with Gasteiger partial charge in [0, 0.05) is 22.2 Å². The summed E-state index contributed by atoms with van der Waals surface area (Å²) in [6, 6.07) is 11.5. The molecule has 0 unspecified atom stereocenters. The minimum atomic E-state index is 0. The summed E-state index contributed by atoms with van der Waals surface area (Å²) in [4.78, 5) is 12.0. The van der Waals surface area contributed by atoms with Gasteiger partial charge in [0.05, 0.1) is 0 Å². The fourth-order valence-corrected chi connectivity index (χ4v) is 1.96. The van der Waals surface area contributed by atoms with Crippen LogP contribution in [-0.4, -0.2) is 5.78 Å². The zero-order chi connectivity index (χ0) is 12.3. The van der Waals surface area contributed by atoms with Crippen molar-refractivity contribution < 1.29 is 26.3 Å². The van der Waals surface area contributed by atoms with Gasteiger partial charge in [-0.15, -0.1) is 0 Å². The van der Waals surface area contributed by atoms with Crippen molar-refractivity contribution in [2.75, 3.05) is 0 Å². The summed E-state index contributed by atoms with van der Waals surface area (Å²) in [7, 11) is 0. The molecule has 0 N–H and O–H groups in total. The highest BCUT2D eigenvalue weighted by Crippen LogP contribution is 2.12. The highest BCUT2D eigenvalue weighted by Gasteiger charge is 2.11. The number of benzene rings is 1. The Balaban J connectivity index is 0.00000162. The number of pyridine rings is 1. The smallest absolute Gasteiger partial charge is 0.227 e. The first kappa shape index (κ1) is 15.1. The molecule has 0 radical (unpaired) electrons. The molecular weight excluding hydrogens is 358 g/mol. The number of carbonyl (C=O) groups excluding carboxylic acids is 1. The number of halogens is 2. The Morgan fingerprint density at radius 3 is 2.50 bits per heavy atom. The summed E-state index contributed by atoms with van der Waals surface area (Å²) >= 11 is 3.37. The van der Waals surface area contributed by atoms with Gasteiger partial charge in [-0.1, -0.05) is 28.1 Å². The molecular formula is C14H13Br2NO. The van der Waals surface area contributed by atoms with Gasteiger partial charge in [0.15, 0.2) is 12.4 Å². The van der Waals surface area contributed by atoms with E-state index in [0.717, 1.165) is 10.0 Å². The molecule has 0 aliphatic rings. The molecule has 0 saturated heterocycles. The maximum absolute atomic E-state index is 12.0. The quantitative estimate of drug-likeness (QED) is 0.547. The van der Waals surface area contributed by atoms with E-state index in [-0.39, 0.29) is 22.8 Å². The maximum atomic E-state index is 12.0. The van der Waals surface area contributed by atoms with Gasteiger partial charge in [-0.25, -0.2) is 0 Å². The predicted molar refractivity (Wildman–Crippen MR) is 69.8 cm³/mol. The van der Waals surface area contributed by atoms with E-state index < -0.39 is 0 Å². The molecule has 0 bridgehead atoms. The van der Waals surface area contributed by atoms with Gasteiger partial charge in [-0.2, -0.15) is 4.57 Å². The Bertz CT molecular complexity index is 538. The highest BCUT2D eigenvalue weighted by molar-refractivity contribution is 9.10. The zero-order valence-electron chi connectivity index (χ0n) is 9.94. The molecule has 0 fully saturated rings. The van der Waals surface area contributed by atoms with Crippen LogP contribution >= 0.6 is 15.9 Å². The average Bonchev–Trinajstić information content (AvgIpc) is 2.32. The second-order valence-corrected chi connectivity index (χ2v) is 4.90. The number of hydrogen-bond acceptors (Lipinski definition) is 1. The summed E-state index contributed by atoms with van der Waals surface area (Å²) < 4.78 is 2.81. The lowest BCUT2D eigenvalue weighted by molar-refractivity contribution is -0.683. The number of hydrogen-bond donors (Lipinski definition) is 0. The van der Waals surface area contributed by atoms with E-state index >= 15 is 0 Å². The molecule has 1 heterocycles. The van der Waals surface area contributed by atoms with Crippen LogP contribution in [0, 0.1) is 6.92 Å². The second kappa shape index (κ2) is 6.81. The number of aromatic nitrogens is 1. The molecule has 18 heavy (non-hydrogen) atoms. The van der Waals surface area contributed by atoms with Crippen molar-refractivity contribution in [1.82, 2.24) is 0 Å². The Labute approximate surface area is 126 Å². The van der Waals surface area contributed by atoms with Crippen molar-refractivity contribution in [1.29, 1.82) is 0 Å². The molecule has 4 heteroatoms. The summed E-state index contributed by atoms with van der Waals surface area (Å²) in [5.74, 6) is 0.111. The lowest BCUT2D eigenvalue weighted by Gasteiger charge is -1.99. The van der Waals surface area contributed by atoms with Crippen LogP contribution in [0.3, 0.4) is 0 Å². The summed E-state index contributed by atoms with van der Waals surface area (Å²) in [6.07, 6.45) is 3.84. The van der Waals surface area contributed by atoms with E-state index in [0.29, 0.717) is 6.54 Å². The zero-order valence-corrected chi connectivity index (χ0v) is 13.1. The minimum absolute atomic E-state index is 0. The van der Waals surface area contributed by atoms with E-state index in [1.54, 1.807) is 0 Å². The molecule has 0 atom stereocenters. The Hall–Kier alpha value is -1.000. The van der Waals surface area contributed by atoms with Gasteiger partial charge in [0.2, 0.25) is 12.3 Å². The third-order valence-corrected chi connectivity index (χ3v) is 3.02. The number of Topliss-reactive ketones (excluding diaryl/α,β-unsaturated/α-hetero) is 1. The number of aryl methyl sites for hydroxylation is 1. The van der Waals surface area contributed by atoms with Gasteiger partial charge in [0.1, 0.15) is 0 Å². The third kappa shape index (κ3) is 4.03. The van der Waals surface area contributed by atoms with Crippen LogP contribution in [0.5, 0.6) is 0 Å². The van der Waals surface area contributed by atoms with Crippen molar-refractivity contribution in [3.05, 3.63) is 64.4 Å². The Morgan fingerprint density at radius 1 is 1.22 bits per heavy atom. The molecule has 0 saturated carbocycles. The molecule has 1 aromatic heterocycles. The fourth-order valence-electron chi connectivity index (χ4n) is 1.56. The van der Waals surface area contributed by atoms with Crippen LogP contribution < -0.4 is 21.5 Å². The highest BCUT2D eigenvalue weighted by atomic mass is 79.9. The van der Waals surface area contributed by atoms with Crippen molar-refractivity contribution in [3.8, 4) is 0 Å².